The topological polar surface area (TPSA) is 20.3 Å². The number of amides is 1. The van der Waals surface area contributed by atoms with Gasteiger partial charge in [0.1, 0.15) is 22.7 Å². The van der Waals surface area contributed by atoms with Crippen LogP contribution in [-0.2, 0) is 4.79 Å². The van der Waals surface area contributed by atoms with E-state index in [1.165, 1.54) is 22.7 Å². The van der Waals surface area contributed by atoms with Gasteiger partial charge in [-0.2, -0.15) is 0 Å². The third-order valence-electron chi connectivity index (χ3n) is 3.20. The Labute approximate surface area is 129 Å². The molecule has 1 aliphatic rings. The van der Waals surface area contributed by atoms with Gasteiger partial charge in [0, 0.05) is 5.02 Å². The minimum Gasteiger partial charge on any atom is -0.290 e. The van der Waals surface area contributed by atoms with Crippen molar-refractivity contribution in [3.63, 3.8) is 0 Å². The molecule has 6 heteroatoms. The van der Waals surface area contributed by atoms with Crippen molar-refractivity contribution in [2.75, 3.05) is 10.7 Å². The Morgan fingerprint density at radius 1 is 1.10 bits per heavy atom. The largest absolute Gasteiger partial charge is 0.290 e. The van der Waals surface area contributed by atoms with Crippen LogP contribution < -0.4 is 4.90 Å². The minimum atomic E-state index is -0.746. The highest BCUT2D eigenvalue weighted by molar-refractivity contribution is 8.00. The van der Waals surface area contributed by atoms with Crippen LogP contribution in [0.5, 0.6) is 0 Å². The minimum absolute atomic E-state index is 0.182. The smallest absolute Gasteiger partial charge is 0.238 e. The van der Waals surface area contributed by atoms with Crippen molar-refractivity contribution in [3.8, 4) is 0 Å². The number of carbonyl (C=O) groups excluding carboxylic acids is 1. The van der Waals surface area contributed by atoms with Gasteiger partial charge in [0.2, 0.25) is 5.91 Å². The fourth-order valence-corrected chi connectivity index (χ4v) is 3.55. The van der Waals surface area contributed by atoms with Crippen molar-refractivity contribution in [1.82, 2.24) is 0 Å². The number of para-hydroxylation sites is 1. The summed E-state index contributed by atoms with van der Waals surface area (Å²) in [5.74, 6) is -1.63. The van der Waals surface area contributed by atoms with Crippen molar-refractivity contribution in [2.24, 2.45) is 0 Å². The summed E-state index contributed by atoms with van der Waals surface area (Å²) in [4.78, 5) is 13.3. The predicted molar refractivity (Wildman–Crippen MR) is 80.5 cm³/mol. The number of halogens is 3. The van der Waals surface area contributed by atoms with Crippen LogP contribution in [-0.4, -0.2) is 11.7 Å². The number of benzene rings is 2. The van der Waals surface area contributed by atoms with Gasteiger partial charge in [-0.1, -0.05) is 29.8 Å². The zero-order chi connectivity index (χ0) is 15.0. The first-order valence-electron chi connectivity index (χ1n) is 6.21. The monoisotopic (exact) mass is 325 g/mol. The maximum absolute atomic E-state index is 14.0. The van der Waals surface area contributed by atoms with Crippen LogP contribution in [0.4, 0.5) is 14.5 Å². The molecule has 1 heterocycles. The molecule has 0 radical (unpaired) electrons. The molecule has 1 aliphatic heterocycles. The van der Waals surface area contributed by atoms with Gasteiger partial charge in [-0.25, -0.2) is 8.78 Å². The third kappa shape index (κ3) is 2.63. The molecule has 0 saturated carbocycles. The molecule has 108 valence electrons. The Kier molecular flexibility index (Phi) is 3.87. The van der Waals surface area contributed by atoms with Crippen LogP contribution >= 0.6 is 23.4 Å². The second kappa shape index (κ2) is 5.66. The van der Waals surface area contributed by atoms with Crippen LogP contribution in [0.15, 0.2) is 42.5 Å². The summed E-state index contributed by atoms with van der Waals surface area (Å²) in [5.41, 5.74) is 0.477. The number of carbonyl (C=O) groups is 1. The molecule has 0 aliphatic carbocycles. The molecule has 2 nitrogen and oxygen atoms in total. The van der Waals surface area contributed by atoms with E-state index in [0.29, 0.717) is 5.02 Å². The van der Waals surface area contributed by atoms with Gasteiger partial charge < -0.3 is 0 Å². The number of anilines is 1. The van der Waals surface area contributed by atoms with Crippen molar-refractivity contribution in [1.29, 1.82) is 0 Å². The summed E-state index contributed by atoms with van der Waals surface area (Å²) in [7, 11) is 0. The molecule has 0 spiro atoms. The van der Waals surface area contributed by atoms with Crippen LogP contribution in [0.1, 0.15) is 10.9 Å². The van der Waals surface area contributed by atoms with E-state index in [9.17, 15) is 13.6 Å². The molecular weight excluding hydrogens is 316 g/mol. The Hall–Kier alpha value is -1.59. The maximum Gasteiger partial charge on any atom is 0.238 e. The molecular formula is C15H10ClF2NOS. The summed E-state index contributed by atoms with van der Waals surface area (Å²) in [6.07, 6.45) is 0. The summed E-state index contributed by atoms with van der Waals surface area (Å²) < 4.78 is 27.9. The number of rotatable bonds is 2. The molecule has 2 aromatic rings. The van der Waals surface area contributed by atoms with Gasteiger partial charge in [0.15, 0.2) is 0 Å². The Balaban J connectivity index is 2.06. The molecule has 21 heavy (non-hydrogen) atoms. The summed E-state index contributed by atoms with van der Waals surface area (Å²) in [6.45, 7) is 0. The lowest BCUT2D eigenvalue weighted by Gasteiger charge is -2.25. The first kappa shape index (κ1) is 14.4. The Morgan fingerprint density at radius 2 is 1.71 bits per heavy atom. The van der Waals surface area contributed by atoms with E-state index >= 15 is 0 Å². The normalized spacial score (nSPS) is 18.3. The molecule has 3 rings (SSSR count). The summed E-state index contributed by atoms with van der Waals surface area (Å²) in [5, 5.41) is 0.109. The SMILES string of the molecule is O=C1CSC(c2ccc(Cl)cc2)N1c1c(F)cccc1F. The number of hydrogen-bond donors (Lipinski definition) is 0. The second-order valence-corrected chi connectivity index (χ2v) is 6.05. The fraction of sp³-hybridized carbons (Fsp3) is 0.133. The number of thioether (sulfide) groups is 1. The van der Waals surface area contributed by atoms with E-state index in [1.807, 2.05) is 0 Å². The molecule has 0 bridgehead atoms. The fourth-order valence-electron chi connectivity index (χ4n) is 2.26. The molecule has 1 unspecified atom stereocenters. The van der Waals surface area contributed by atoms with Crippen LogP contribution in [0.25, 0.3) is 0 Å². The zero-order valence-electron chi connectivity index (χ0n) is 10.7. The molecule has 0 aromatic heterocycles. The number of nitrogens with zero attached hydrogens (tertiary/aromatic N) is 1. The Bertz CT molecular complexity index is 672. The van der Waals surface area contributed by atoms with Crippen molar-refractivity contribution < 1.29 is 13.6 Å². The highest BCUT2D eigenvalue weighted by atomic mass is 35.5. The van der Waals surface area contributed by atoms with Gasteiger partial charge >= 0.3 is 0 Å². The molecule has 1 saturated heterocycles. The van der Waals surface area contributed by atoms with Gasteiger partial charge in [0.05, 0.1) is 5.75 Å². The van der Waals surface area contributed by atoms with Crippen molar-refractivity contribution in [2.45, 2.75) is 5.37 Å². The molecule has 1 amide bonds. The lowest BCUT2D eigenvalue weighted by molar-refractivity contribution is -0.115. The molecule has 1 atom stereocenters. The third-order valence-corrected chi connectivity index (χ3v) is 4.67. The first-order chi connectivity index (χ1) is 10.1. The molecule has 0 N–H and O–H groups in total. The molecule has 1 fully saturated rings. The van der Waals surface area contributed by atoms with Crippen molar-refractivity contribution >= 4 is 35.0 Å². The van der Waals surface area contributed by atoms with E-state index in [2.05, 4.69) is 0 Å². The Morgan fingerprint density at radius 3 is 2.33 bits per heavy atom. The van der Waals surface area contributed by atoms with E-state index in [0.717, 1.165) is 17.7 Å². The predicted octanol–water partition coefficient (Wildman–Crippen LogP) is 4.40. The van der Waals surface area contributed by atoms with E-state index in [4.69, 9.17) is 11.6 Å². The zero-order valence-corrected chi connectivity index (χ0v) is 12.3. The quantitative estimate of drug-likeness (QED) is 0.816. The lowest BCUT2D eigenvalue weighted by atomic mass is 10.2. The van der Waals surface area contributed by atoms with Gasteiger partial charge in [-0.3, -0.25) is 9.69 Å². The van der Waals surface area contributed by atoms with Gasteiger partial charge in [-0.15, -0.1) is 11.8 Å². The second-order valence-electron chi connectivity index (χ2n) is 4.55. The lowest BCUT2D eigenvalue weighted by Crippen LogP contribution is -2.29. The number of hydrogen-bond acceptors (Lipinski definition) is 2. The average Bonchev–Trinajstić information content (AvgIpc) is 2.82. The highest BCUT2D eigenvalue weighted by Gasteiger charge is 2.37. The van der Waals surface area contributed by atoms with Crippen LogP contribution in [0.3, 0.4) is 0 Å². The van der Waals surface area contributed by atoms with E-state index in [-0.39, 0.29) is 17.3 Å². The van der Waals surface area contributed by atoms with Crippen molar-refractivity contribution in [3.05, 3.63) is 64.7 Å². The summed E-state index contributed by atoms with van der Waals surface area (Å²) >= 11 is 7.17. The van der Waals surface area contributed by atoms with Crippen LogP contribution in [0.2, 0.25) is 5.02 Å². The molecule has 2 aromatic carbocycles. The average molecular weight is 326 g/mol. The summed E-state index contributed by atoms with van der Waals surface area (Å²) in [6, 6.07) is 10.5. The standard InChI is InChI=1S/C15H10ClF2NOS/c16-10-6-4-9(5-7-10)15-19(13(20)8-21-15)14-11(17)2-1-3-12(14)18/h1-7,15H,8H2. The van der Waals surface area contributed by atoms with Gasteiger partial charge in [0.25, 0.3) is 0 Å². The van der Waals surface area contributed by atoms with Gasteiger partial charge in [-0.05, 0) is 29.8 Å². The van der Waals surface area contributed by atoms with E-state index < -0.39 is 17.0 Å². The first-order valence-corrected chi connectivity index (χ1v) is 7.64. The van der Waals surface area contributed by atoms with Crippen LogP contribution in [0, 0.1) is 11.6 Å². The van der Waals surface area contributed by atoms with E-state index in [1.54, 1.807) is 24.3 Å². The highest BCUT2D eigenvalue weighted by Crippen LogP contribution is 2.43. The maximum atomic E-state index is 14.0.